The molecule has 4 nitrogen and oxygen atoms in total. The maximum absolute atomic E-state index is 12.3. The molecule has 1 saturated heterocycles. The molecule has 0 spiro atoms. The smallest absolute Gasteiger partial charge is 0.227 e. The van der Waals surface area contributed by atoms with Crippen molar-refractivity contribution in [2.45, 2.75) is 19.4 Å². The summed E-state index contributed by atoms with van der Waals surface area (Å²) in [6.45, 7) is 2.73. The first-order valence-electron chi connectivity index (χ1n) is 8.59. The number of benzene rings is 2. The van der Waals surface area contributed by atoms with Gasteiger partial charge in [-0.25, -0.2) is 0 Å². The van der Waals surface area contributed by atoms with Crippen LogP contribution >= 0.6 is 0 Å². The molecule has 0 bridgehead atoms. The third kappa shape index (κ3) is 4.36. The van der Waals surface area contributed by atoms with Crippen molar-refractivity contribution in [2.24, 2.45) is 5.92 Å². The molecule has 3 rings (SSSR count). The normalized spacial score (nSPS) is 15.0. The fourth-order valence-corrected chi connectivity index (χ4v) is 3.08. The Bertz CT molecular complexity index is 648. The SMILES string of the molecule is CN(Cc1ccccc1)c1ccc(NC(=O)C2CCNCC2)cc1. The van der Waals surface area contributed by atoms with E-state index >= 15 is 0 Å². The van der Waals surface area contributed by atoms with E-state index in [-0.39, 0.29) is 11.8 Å². The molecule has 1 aliphatic rings. The van der Waals surface area contributed by atoms with Crippen molar-refractivity contribution in [1.82, 2.24) is 5.32 Å². The predicted molar refractivity (Wildman–Crippen MR) is 99.2 cm³/mol. The highest BCUT2D eigenvalue weighted by Crippen LogP contribution is 2.20. The average molecular weight is 323 g/mol. The molecule has 0 unspecified atom stereocenters. The molecular weight excluding hydrogens is 298 g/mol. The van der Waals surface area contributed by atoms with Gasteiger partial charge < -0.3 is 15.5 Å². The number of hydrogen-bond acceptors (Lipinski definition) is 3. The van der Waals surface area contributed by atoms with Crippen LogP contribution in [0.1, 0.15) is 18.4 Å². The average Bonchev–Trinajstić information content (AvgIpc) is 2.64. The largest absolute Gasteiger partial charge is 0.370 e. The van der Waals surface area contributed by atoms with Gasteiger partial charge >= 0.3 is 0 Å². The van der Waals surface area contributed by atoms with Gasteiger partial charge in [0.25, 0.3) is 0 Å². The van der Waals surface area contributed by atoms with E-state index in [1.165, 1.54) is 5.56 Å². The molecule has 1 heterocycles. The Morgan fingerprint density at radius 1 is 1.08 bits per heavy atom. The van der Waals surface area contributed by atoms with Crippen LogP contribution in [0, 0.1) is 5.92 Å². The summed E-state index contributed by atoms with van der Waals surface area (Å²) >= 11 is 0. The number of carbonyl (C=O) groups excluding carboxylic acids is 1. The molecule has 0 atom stereocenters. The Kier molecular flexibility index (Phi) is 5.49. The van der Waals surface area contributed by atoms with Gasteiger partial charge in [-0.2, -0.15) is 0 Å². The maximum Gasteiger partial charge on any atom is 0.227 e. The van der Waals surface area contributed by atoms with Gasteiger partial charge in [0, 0.05) is 30.9 Å². The number of amides is 1. The number of rotatable bonds is 5. The highest BCUT2D eigenvalue weighted by molar-refractivity contribution is 5.92. The summed E-state index contributed by atoms with van der Waals surface area (Å²) in [6.07, 6.45) is 1.84. The van der Waals surface area contributed by atoms with Crippen LogP contribution < -0.4 is 15.5 Å². The van der Waals surface area contributed by atoms with Gasteiger partial charge in [-0.15, -0.1) is 0 Å². The van der Waals surface area contributed by atoms with Gasteiger partial charge in [0.1, 0.15) is 0 Å². The number of nitrogens with zero attached hydrogens (tertiary/aromatic N) is 1. The number of piperidine rings is 1. The van der Waals surface area contributed by atoms with E-state index in [4.69, 9.17) is 0 Å². The van der Waals surface area contributed by atoms with Crippen molar-refractivity contribution in [3.8, 4) is 0 Å². The second kappa shape index (κ2) is 7.97. The summed E-state index contributed by atoms with van der Waals surface area (Å²) in [6, 6.07) is 18.5. The minimum atomic E-state index is 0.131. The molecule has 1 fully saturated rings. The van der Waals surface area contributed by atoms with E-state index in [0.717, 1.165) is 43.9 Å². The molecule has 24 heavy (non-hydrogen) atoms. The maximum atomic E-state index is 12.3. The van der Waals surface area contributed by atoms with Gasteiger partial charge in [0.15, 0.2) is 0 Å². The lowest BCUT2D eigenvalue weighted by Crippen LogP contribution is -2.34. The van der Waals surface area contributed by atoms with Gasteiger partial charge in [0.05, 0.1) is 0 Å². The van der Waals surface area contributed by atoms with Gasteiger partial charge in [-0.05, 0) is 55.8 Å². The van der Waals surface area contributed by atoms with Crippen molar-refractivity contribution >= 4 is 17.3 Å². The van der Waals surface area contributed by atoms with Crippen LogP contribution in [0.5, 0.6) is 0 Å². The molecule has 0 aliphatic carbocycles. The zero-order valence-corrected chi connectivity index (χ0v) is 14.2. The first-order chi connectivity index (χ1) is 11.7. The number of carbonyl (C=O) groups is 1. The van der Waals surface area contributed by atoms with E-state index in [9.17, 15) is 4.79 Å². The van der Waals surface area contributed by atoms with Crippen LogP contribution in [-0.4, -0.2) is 26.0 Å². The first kappa shape index (κ1) is 16.5. The Labute approximate surface area is 143 Å². The molecule has 0 saturated carbocycles. The standard InChI is InChI=1S/C20H25N3O/c1-23(15-16-5-3-2-4-6-16)19-9-7-18(8-10-19)22-20(24)17-11-13-21-14-12-17/h2-10,17,21H,11-15H2,1H3,(H,22,24). The molecule has 2 N–H and O–H groups in total. The number of hydrogen-bond donors (Lipinski definition) is 2. The van der Waals surface area contributed by atoms with Crippen molar-refractivity contribution in [3.63, 3.8) is 0 Å². The summed E-state index contributed by atoms with van der Waals surface area (Å²) in [5.41, 5.74) is 3.29. The molecule has 2 aromatic carbocycles. The van der Waals surface area contributed by atoms with E-state index < -0.39 is 0 Å². The van der Waals surface area contributed by atoms with Crippen LogP contribution in [0.2, 0.25) is 0 Å². The van der Waals surface area contributed by atoms with Crippen molar-refractivity contribution in [1.29, 1.82) is 0 Å². The molecule has 0 radical (unpaired) electrons. The topological polar surface area (TPSA) is 44.4 Å². The Balaban J connectivity index is 1.57. The van der Waals surface area contributed by atoms with Crippen LogP contribution in [0.15, 0.2) is 54.6 Å². The molecule has 2 aromatic rings. The highest BCUT2D eigenvalue weighted by atomic mass is 16.1. The minimum absolute atomic E-state index is 0.131. The zero-order chi connectivity index (χ0) is 16.8. The Hall–Kier alpha value is -2.33. The predicted octanol–water partition coefficient (Wildman–Crippen LogP) is 3.26. The van der Waals surface area contributed by atoms with E-state index in [2.05, 4.69) is 59.0 Å². The summed E-state index contributed by atoms with van der Waals surface area (Å²) in [5, 5.41) is 6.33. The lowest BCUT2D eigenvalue weighted by atomic mass is 9.97. The Morgan fingerprint density at radius 2 is 1.75 bits per heavy atom. The molecule has 4 heteroatoms. The first-order valence-corrected chi connectivity index (χ1v) is 8.59. The summed E-state index contributed by atoms with van der Waals surface area (Å²) < 4.78 is 0. The Morgan fingerprint density at radius 3 is 2.42 bits per heavy atom. The van der Waals surface area contributed by atoms with Crippen LogP contribution in [0.3, 0.4) is 0 Å². The summed E-state index contributed by atoms with van der Waals surface area (Å²) in [5.74, 6) is 0.272. The molecule has 126 valence electrons. The van der Waals surface area contributed by atoms with Gasteiger partial charge in [-0.1, -0.05) is 30.3 Å². The van der Waals surface area contributed by atoms with Crippen molar-refractivity contribution in [3.05, 3.63) is 60.2 Å². The van der Waals surface area contributed by atoms with E-state index in [1.807, 2.05) is 18.2 Å². The lowest BCUT2D eigenvalue weighted by Gasteiger charge is -2.22. The molecule has 0 aromatic heterocycles. The van der Waals surface area contributed by atoms with Crippen LogP contribution in [-0.2, 0) is 11.3 Å². The summed E-state index contributed by atoms with van der Waals surface area (Å²) in [7, 11) is 2.08. The second-order valence-corrected chi connectivity index (χ2v) is 6.40. The number of nitrogens with one attached hydrogen (secondary N) is 2. The zero-order valence-electron chi connectivity index (χ0n) is 14.2. The minimum Gasteiger partial charge on any atom is -0.370 e. The van der Waals surface area contributed by atoms with Gasteiger partial charge in [-0.3, -0.25) is 4.79 Å². The quantitative estimate of drug-likeness (QED) is 0.888. The highest BCUT2D eigenvalue weighted by Gasteiger charge is 2.20. The fourth-order valence-electron chi connectivity index (χ4n) is 3.08. The third-order valence-corrected chi connectivity index (χ3v) is 4.55. The monoisotopic (exact) mass is 323 g/mol. The van der Waals surface area contributed by atoms with E-state index in [1.54, 1.807) is 0 Å². The lowest BCUT2D eigenvalue weighted by molar-refractivity contribution is -0.120. The fraction of sp³-hybridized carbons (Fsp3) is 0.350. The van der Waals surface area contributed by atoms with Crippen molar-refractivity contribution in [2.75, 3.05) is 30.4 Å². The van der Waals surface area contributed by atoms with E-state index in [0.29, 0.717) is 0 Å². The molecule has 1 amide bonds. The molecule has 1 aliphatic heterocycles. The van der Waals surface area contributed by atoms with Crippen LogP contribution in [0.25, 0.3) is 0 Å². The van der Waals surface area contributed by atoms with Gasteiger partial charge in [0.2, 0.25) is 5.91 Å². The summed E-state index contributed by atoms with van der Waals surface area (Å²) in [4.78, 5) is 14.5. The second-order valence-electron chi connectivity index (χ2n) is 6.40. The molecular formula is C20H25N3O. The van der Waals surface area contributed by atoms with Crippen LogP contribution in [0.4, 0.5) is 11.4 Å². The van der Waals surface area contributed by atoms with Crippen molar-refractivity contribution < 1.29 is 4.79 Å². The number of anilines is 2. The third-order valence-electron chi connectivity index (χ3n) is 4.55.